The largest absolute Gasteiger partial charge is 0.311 e. The van der Waals surface area contributed by atoms with Crippen molar-refractivity contribution in [3.05, 3.63) is 23.9 Å². The van der Waals surface area contributed by atoms with Gasteiger partial charge in [-0.3, -0.25) is 9.59 Å². The van der Waals surface area contributed by atoms with E-state index < -0.39 is 0 Å². The number of nitrogens with one attached hydrogen (secondary N) is 1. The van der Waals surface area contributed by atoms with E-state index in [1.165, 1.54) is 0 Å². The van der Waals surface area contributed by atoms with Crippen molar-refractivity contribution in [3.63, 3.8) is 0 Å². The van der Waals surface area contributed by atoms with Crippen LogP contribution in [0.2, 0.25) is 0 Å². The molecule has 0 spiro atoms. The van der Waals surface area contributed by atoms with E-state index in [4.69, 9.17) is 0 Å². The molecule has 0 aliphatic heterocycles. The SMILES string of the molecule is CCCCCC(=O)Nc1cccc(C=O)n1. The summed E-state index contributed by atoms with van der Waals surface area (Å²) in [6, 6.07) is 4.96. The molecule has 1 N–H and O–H groups in total. The fourth-order valence-electron chi connectivity index (χ4n) is 1.33. The summed E-state index contributed by atoms with van der Waals surface area (Å²) in [6.45, 7) is 2.09. The summed E-state index contributed by atoms with van der Waals surface area (Å²) in [6.07, 6.45) is 4.19. The molecule has 4 heteroatoms. The molecule has 0 unspecified atom stereocenters. The van der Waals surface area contributed by atoms with Crippen LogP contribution in [-0.4, -0.2) is 17.2 Å². The summed E-state index contributed by atoms with van der Waals surface area (Å²) in [5, 5.41) is 2.67. The van der Waals surface area contributed by atoms with E-state index in [2.05, 4.69) is 17.2 Å². The zero-order valence-electron chi connectivity index (χ0n) is 9.40. The number of pyridine rings is 1. The first kappa shape index (κ1) is 12.4. The second kappa shape index (κ2) is 6.71. The van der Waals surface area contributed by atoms with Gasteiger partial charge in [-0.15, -0.1) is 0 Å². The van der Waals surface area contributed by atoms with Crippen LogP contribution in [0, 0.1) is 0 Å². The summed E-state index contributed by atoms with van der Waals surface area (Å²) in [7, 11) is 0. The maximum Gasteiger partial charge on any atom is 0.225 e. The Kier molecular flexibility index (Phi) is 5.19. The number of hydrogen-bond donors (Lipinski definition) is 1. The molecule has 0 aromatic carbocycles. The van der Waals surface area contributed by atoms with E-state index in [1.54, 1.807) is 18.2 Å². The summed E-state index contributed by atoms with van der Waals surface area (Å²) < 4.78 is 0. The van der Waals surface area contributed by atoms with Crippen LogP contribution < -0.4 is 5.32 Å². The molecule has 0 atom stereocenters. The van der Waals surface area contributed by atoms with E-state index in [0.29, 0.717) is 24.2 Å². The highest BCUT2D eigenvalue weighted by molar-refractivity contribution is 5.90. The van der Waals surface area contributed by atoms with Crippen LogP contribution in [0.3, 0.4) is 0 Å². The van der Waals surface area contributed by atoms with E-state index in [0.717, 1.165) is 19.3 Å². The van der Waals surface area contributed by atoms with E-state index >= 15 is 0 Å². The van der Waals surface area contributed by atoms with Crippen molar-refractivity contribution in [3.8, 4) is 0 Å². The monoisotopic (exact) mass is 220 g/mol. The van der Waals surface area contributed by atoms with Crippen LogP contribution in [0.1, 0.15) is 43.1 Å². The highest BCUT2D eigenvalue weighted by Gasteiger charge is 2.03. The Bertz CT molecular complexity index is 364. The van der Waals surface area contributed by atoms with E-state index in [9.17, 15) is 9.59 Å². The Balaban J connectivity index is 2.46. The van der Waals surface area contributed by atoms with Gasteiger partial charge < -0.3 is 5.32 Å². The first-order valence-corrected chi connectivity index (χ1v) is 5.48. The molecule has 0 aliphatic carbocycles. The molecule has 1 aromatic heterocycles. The van der Waals surface area contributed by atoms with Gasteiger partial charge in [-0.2, -0.15) is 0 Å². The number of carbonyl (C=O) groups excluding carboxylic acids is 2. The molecule has 86 valence electrons. The van der Waals surface area contributed by atoms with E-state index in [-0.39, 0.29) is 5.91 Å². The van der Waals surface area contributed by atoms with Gasteiger partial charge in [0.15, 0.2) is 6.29 Å². The third-order valence-electron chi connectivity index (χ3n) is 2.17. The molecule has 0 saturated carbocycles. The lowest BCUT2D eigenvalue weighted by Gasteiger charge is -2.04. The minimum absolute atomic E-state index is 0.0519. The van der Waals surface area contributed by atoms with Gasteiger partial charge in [-0.25, -0.2) is 4.98 Å². The normalized spacial score (nSPS) is 9.81. The first-order chi connectivity index (χ1) is 7.76. The molecule has 16 heavy (non-hydrogen) atoms. The Morgan fingerprint density at radius 1 is 1.44 bits per heavy atom. The minimum atomic E-state index is -0.0519. The molecule has 0 radical (unpaired) electrons. The van der Waals surface area contributed by atoms with Crippen molar-refractivity contribution in [2.24, 2.45) is 0 Å². The summed E-state index contributed by atoms with van der Waals surface area (Å²) in [5.74, 6) is 0.384. The number of anilines is 1. The molecule has 1 amide bonds. The Labute approximate surface area is 95.1 Å². The van der Waals surface area contributed by atoms with Gasteiger partial charge in [0.25, 0.3) is 0 Å². The van der Waals surface area contributed by atoms with Crippen LogP contribution in [0.15, 0.2) is 18.2 Å². The number of hydrogen-bond acceptors (Lipinski definition) is 3. The molecule has 0 saturated heterocycles. The van der Waals surface area contributed by atoms with Gasteiger partial charge in [-0.1, -0.05) is 25.8 Å². The number of amides is 1. The number of carbonyl (C=O) groups is 2. The summed E-state index contributed by atoms with van der Waals surface area (Å²) in [4.78, 5) is 25.9. The minimum Gasteiger partial charge on any atom is -0.311 e. The van der Waals surface area contributed by atoms with Gasteiger partial charge in [-0.05, 0) is 18.6 Å². The van der Waals surface area contributed by atoms with Crippen LogP contribution in [0.4, 0.5) is 5.82 Å². The second-order valence-electron chi connectivity index (χ2n) is 3.57. The van der Waals surface area contributed by atoms with Gasteiger partial charge >= 0.3 is 0 Å². The van der Waals surface area contributed by atoms with Crippen LogP contribution >= 0.6 is 0 Å². The van der Waals surface area contributed by atoms with Crippen molar-refractivity contribution >= 4 is 18.0 Å². The zero-order chi connectivity index (χ0) is 11.8. The van der Waals surface area contributed by atoms with Gasteiger partial charge in [0.1, 0.15) is 11.5 Å². The van der Waals surface area contributed by atoms with Crippen LogP contribution in [-0.2, 0) is 4.79 Å². The van der Waals surface area contributed by atoms with Crippen molar-refractivity contribution in [1.29, 1.82) is 0 Å². The fourth-order valence-corrected chi connectivity index (χ4v) is 1.33. The standard InChI is InChI=1S/C12H16N2O2/c1-2-3-4-8-12(16)14-11-7-5-6-10(9-15)13-11/h5-7,9H,2-4,8H2,1H3,(H,13,14,16). The third kappa shape index (κ3) is 4.21. The molecule has 1 aromatic rings. The first-order valence-electron chi connectivity index (χ1n) is 5.48. The molecular formula is C12H16N2O2. The van der Waals surface area contributed by atoms with Crippen LogP contribution in [0.25, 0.3) is 0 Å². The topological polar surface area (TPSA) is 59.1 Å². The average Bonchev–Trinajstić information content (AvgIpc) is 2.29. The van der Waals surface area contributed by atoms with Gasteiger partial charge in [0, 0.05) is 6.42 Å². The number of nitrogens with zero attached hydrogens (tertiary/aromatic N) is 1. The van der Waals surface area contributed by atoms with Crippen molar-refractivity contribution in [1.82, 2.24) is 4.98 Å². The quantitative estimate of drug-likeness (QED) is 0.591. The lowest BCUT2D eigenvalue weighted by atomic mass is 10.2. The number of unbranched alkanes of at least 4 members (excludes halogenated alkanes) is 2. The number of aldehydes is 1. The predicted molar refractivity (Wildman–Crippen MR) is 62.4 cm³/mol. The molecule has 1 rings (SSSR count). The average molecular weight is 220 g/mol. The Morgan fingerprint density at radius 2 is 2.25 bits per heavy atom. The second-order valence-corrected chi connectivity index (χ2v) is 3.57. The van der Waals surface area contributed by atoms with Crippen molar-refractivity contribution in [2.45, 2.75) is 32.6 Å². The van der Waals surface area contributed by atoms with Gasteiger partial charge in [0.05, 0.1) is 0 Å². The summed E-state index contributed by atoms with van der Waals surface area (Å²) in [5.41, 5.74) is 0.325. The lowest BCUT2D eigenvalue weighted by molar-refractivity contribution is -0.116. The fraction of sp³-hybridized carbons (Fsp3) is 0.417. The van der Waals surface area contributed by atoms with Crippen molar-refractivity contribution in [2.75, 3.05) is 5.32 Å². The highest BCUT2D eigenvalue weighted by atomic mass is 16.1. The zero-order valence-corrected chi connectivity index (χ0v) is 9.40. The maximum absolute atomic E-state index is 11.4. The molecule has 0 bridgehead atoms. The molecule has 0 fully saturated rings. The number of rotatable bonds is 6. The molecule has 1 heterocycles. The lowest BCUT2D eigenvalue weighted by Crippen LogP contribution is -2.12. The predicted octanol–water partition coefficient (Wildman–Crippen LogP) is 2.41. The summed E-state index contributed by atoms with van der Waals surface area (Å²) >= 11 is 0. The molecule has 4 nitrogen and oxygen atoms in total. The van der Waals surface area contributed by atoms with E-state index in [1.807, 2.05) is 0 Å². The maximum atomic E-state index is 11.4. The Morgan fingerprint density at radius 3 is 2.94 bits per heavy atom. The molecular weight excluding hydrogens is 204 g/mol. The van der Waals surface area contributed by atoms with Gasteiger partial charge in [0.2, 0.25) is 5.91 Å². The Hall–Kier alpha value is -1.71. The highest BCUT2D eigenvalue weighted by Crippen LogP contribution is 2.06. The third-order valence-corrected chi connectivity index (χ3v) is 2.17. The van der Waals surface area contributed by atoms with Crippen molar-refractivity contribution < 1.29 is 9.59 Å². The molecule has 0 aliphatic rings. The smallest absolute Gasteiger partial charge is 0.225 e. The van der Waals surface area contributed by atoms with Crippen LogP contribution in [0.5, 0.6) is 0 Å². The number of aromatic nitrogens is 1.